The van der Waals surface area contributed by atoms with Gasteiger partial charge in [-0.2, -0.15) is 0 Å². The number of hydrogen-bond acceptors (Lipinski definition) is 3. The fourth-order valence-electron chi connectivity index (χ4n) is 5.25. The van der Waals surface area contributed by atoms with Gasteiger partial charge < -0.3 is 4.74 Å². The zero-order valence-corrected chi connectivity index (χ0v) is 13.0. The molecule has 4 unspecified atom stereocenters. The third-order valence-corrected chi connectivity index (χ3v) is 6.07. The van der Waals surface area contributed by atoms with Crippen molar-refractivity contribution in [3.05, 3.63) is 83.9 Å². The molecule has 5 rings (SSSR count). The van der Waals surface area contributed by atoms with Crippen LogP contribution < -0.4 is 0 Å². The molecule has 3 heteroatoms. The van der Waals surface area contributed by atoms with Crippen LogP contribution in [0.5, 0.6) is 0 Å². The quantitative estimate of drug-likeness (QED) is 0.486. The molecule has 0 N–H and O–H groups in total. The van der Waals surface area contributed by atoms with E-state index in [1.54, 1.807) is 0 Å². The topological polar surface area (TPSA) is 43.4 Å². The summed E-state index contributed by atoms with van der Waals surface area (Å²) in [5, 5.41) is 0. The Morgan fingerprint density at radius 1 is 0.875 bits per heavy atom. The monoisotopic (exact) mass is 316 g/mol. The van der Waals surface area contributed by atoms with Crippen molar-refractivity contribution in [2.24, 2.45) is 11.8 Å². The summed E-state index contributed by atoms with van der Waals surface area (Å²) in [5.74, 6) is -1.17. The summed E-state index contributed by atoms with van der Waals surface area (Å²) in [6.07, 6.45) is 5.01. The first-order valence-electron chi connectivity index (χ1n) is 8.27. The van der Waals surface area contributed by atoms with E-state index in [9.17, 15) is 9.59 Å². The van der Waals surface area contributed by atoms with E-state index in [0.717, 1.165) is 17.5 Å². The van der Waals surface area contributed by atoms with Gasteiger partial charge in [-0.3, -0.25) is 9.59 Å². The Morgan fingerprint density at radius 3 is 2.17 bits per heavy atom. The minimum absolute atomic E-state index is 0.0457. The second kappa shape index (κ2) is 4.44. The molecule has 1 saturated carbocycles. The van der Waals surface area contributed by atoms with Crippen LogP contribution in [0.3, 0.4) is 0 Å². The van der Waals surface area contributed by atoms with Crippen molar-refractivity contribution in [1.29, 1.82) is 0 Å². The van der Waals surface area contributed by atoms with Crippen LogP contribution in [0.25, 0.3) is 0 Å². The fourth-order valence-corrected chi connectivity index (χ4v) is 5.25. The number of carbonyl (C=O) groups excluding carboxylic acids is 2. The van der Waals surface area contributed by atoms with Crippen LogP contribution in [0, 0.1) is 11.8 Å². The number of cyclic esters (lactones) is 2. The maximum absolute atomic E-state index is 13.1. The molecule has 1 heterocycles. The van der Waals surface area contributed by atoms with E-state index in [2.05, 4.69) is 24.3 Å². The van der Waals surface area contributed by atoms with Gasteiger partial charge in [0.25, 0.3) is 0 Å². The van der Waals surface area contributed by atoms with Gasteiger partial charge in [-0.05, 0) is 23.5 Å². The summed E-state index contributed by atoms with van der Waals surface area (Å²) in [7, 11) is 0. The Balaban J connectivity index is 1.86. The van der Waals surface area contributed by atoms with E-state index in [-0.39, 0.29) is 11.9 Å². The molecular formula is C21H16O3. The van der Waals surface area contributed by atoms with E-state index in [1.807, 2.05) is 48.5 Å². The standard InChI is InChI=1S/C21H16O3/c22-18-17-14-11-12-20(13-14,15-7-3-1-4-8-15)21(17,19(23)24-18)16-9-5-2-6-10-16/h1-12,14,17H,13H2. The molecule has 0 amide bonds. The van der Waals surface area contributed by atoms with Gasteiger partial charge in [0.05, 0.1) is 5.92 Å². The summed E-state index contributed by atoms with van der Waals surface area (Å²) in [6, 6.07) is 19.7. The molecule has 0 radical (unpaired) electrons. The average molecular weight is 316 g/mol. The number of allylic oxidation sites excluding steroid dienone is 2. The van der Waals surface area contributed by atoms with Gasteiger partial charge in [0.1, 0.15) is 5.41 Å². The highest BCUT2D eigenvalue weighted by Crippen LogP contribution is 2.68. The summed E-state index contributed by atoms with van der Waals surface area (Å²) in [5.41, 5.74) is 0.476. The van der Waals surface area contributed by atoms with Crippen molar-refractivity contribution in [1.82, 2.24) is 0 Å². The number of fused-ring (bicyclic) bond motifs is 5. The van der Waals surface area contributed by atoms with Gasteiger partial charge in [-0.15, -0.1) is 0 Å². The number of carbonyl (C=O) groups is 2. The van der Waals surface area contributed by atoms with Crippen molar-refractivity contribution < 1.29 is 14.3 Å². The first-order valence-corrected chi connectivity index (χ1v) is 8.27. The molecule has 2 fully saturated rings. The Kier molecular flexibility index (Phi) is 2.54. The summed E-state index contributed by atoms with van der Waals surface area (Å²) in [4.78, 5) is 25.6. The van der Waals surface area contributed by atoms with Crippen LogP contribution in [0.1, 0.15) is 17.5 Å². The van der Waals surface area contributed by atoms with Crippen molar-refractivity contribution in [3.63, 3.8) is 0 Å². The van der Waals surface area contributed by atoms with Gasteiger partial charge in [-0.25, -0.2) is 0 Å². The maximum Gasteiger partial charge on any atom is 0.326 e. The predicted molar refractivity (Wildman–Crippen MR) is 88.1 cm³/mol. The van der Waals surface area contributed by atoms with Crippen molar-refractivity contribution in [2.75, 3.05) is 0 Å². The average Bonchev–Trinajstić information content (AvgIpc) is 3.27. The second-order valence-electron chi connectivity index (χ2n) is 6.92. The van der Waals surface area contributed by atoms with E-state index in [0.29, 0.717) is 0 Å². The molecule has 24 heavy (non-hydrogen) atoms. The molecule has 2 aromatic rings. The molecule has 118 valence electrons. The van der Waals surface area contributed by atoms with E-state index < -0.39 is 22.7 Å². The lowest BCUT2D eigenvalue weighted by molar-refractivity contribution is -0.155. The number of hydrogen-bond donors (Lipinski definition) is 0. The minimum Gasteiger partial charge on any atom is -0.392 e. The Labute approximate surface area is 140 Å². The maximum atomic E-state index is 13.1. The smallest absolute Gasteiger partial charge is 0.326 e. The highest BCUT2D eigenvalue weighted by molar-refractivity contribution is 6.06. The first kappa shape index (κ1) is 13.7. The summed E-state index contributed by atoms with van der Waals surface area (Å²) >= 11 is 0. The lowest BCUT2D eigenvalue weighted by Gasteiger charge is -2.42. The normalized spacial score (nSPS) is 36.0. The third-order valence-electron chi connectivity index (χ3n) is 6.07. The first-order chi connectivity index (χ1) is 11.7. The number of esters is 2. The fraction of sp³-hybridized carbons (Fsp3) is 0.238. The second-order valence-corrected chi connectivity index (χ2v) is 6.92. The van der Waals surface area contributed by atoms with Gasteiger partial charge in [-0.1, -0.05) is 72.8 Å². The Morgan fingerprint density at radius 2 is 1.50 bits per heavy atom. The Bertz CT molecular complexity index is 870. The zero-order chi connectivity index (χ0) is 16.4. The van der Waals surface area contributed by atoms with E-state index in [4.69, 9.17) is 4.74 Å². The molecule has 2 aromatic carbocycles. The predicted octanol–water partition coefficient (Wildman–Crippen LogP) is 3.15. The number of benzene rings is 2. The third kappa shape index (κ3) is 1.35. The van der Waals surface area contributed by atoms with Crippen molar-refractivity contribution in [3.8, 4) is 0 Å². The van der Waals surface area contributed by atoms with Gasteiger partial charge in [0.15, 0.2) is 0 Å². The van der Waals surface area contributed by atoms with Crippen molar-refractivity contribution in [2.45, 2.75) is 17.3 Å². The molecule has 3 aliphatic rings. The van der Waals surface area contributed by atoms with Crippen LogP contribution >= 0.6 is 0 Å². The SMILES string of the molecule is O=C1OC(=O)C2(c3ccccc3)C1C1C=CC2(c2ccccc2)C1. The minimum atomic E-state index is -0.952. The highest BCUT2D eigenvalue weighted by atomic mass is 16.6. The van der Waals surface area contributed by atoms with Crippen LogP contribution in [-0.2, 0) is 25.2 Å². The Hall–Kier alpha value is -2.68. The number of rotatable bonds is 2. The van der Waals surface area contributed by atoms with Crippen LogP contribution in [0.4, 0.5) is 0 Å². The zero-order valence-electron chi connectivity index (χ0n) is 13.0. The van der Waals surface area contributed by atoms with Crippen LogP contribution in [0.15, 0.2) is 72.8 Å². The van der Waals surface area contributed by atoms with Crippen molar-refractivity contribution >= 4 is 11.9 Å². The van der Waals surface area contributed by atoms with E-state index >= 15 is 0 Å². The molecule has 4 atom stereocenters. The van der Waals surface area contributed by atoms with Crippen LogP contribution in [0.2, 0.25) is 0 Å². The lowest BCUT2D eigenvalue weighted by atomic mass is 9.55. The molecule has 0 aromatic heterocycles. The number of ether oxygens (including phenoxy) is 1. The molecule has 3 nitrogen and oxygen atoms in total. The van der Waals surface area contributed by atoms with Gasteiger partial charge >= 0.3 is 11.9 Å². The molecule has 1 saturated heterocycles. The molecule has 2 bridgehead atoms. The van der Waals surface area contributed by atoms with Gasteiger partial charge in [0, 0.05) is 5.41 Å². The molecule has 1 aliphatic heterocycles. The summed E-state index contributed by atoms with van der Waals surface area (Å²) < 4.78 is 5.20. The molecular weight excluding hydrogens is 300 g/mol. The molecule has 2 aliphatic carbocycles. The highest BCUT2D eigenvalue weighted by Gasteiger charge is 2.76. The summed E-state index contributed by atoms with van der Waals surface area (Å²) in [6.45, 7) is 0. The lowest BCUT2D eigenvalue weighted by Crippen LogP contribution is -2.51. The van der Waals surface area contributed by atoms with Crippen LogP contribution in [-0.4, -0.2) is 11.9 Å². The van der Waals surface area contributed by atoms with E-state index in [1.165, 1.54) is 0 Å². The largest absolute Gasteiger partial charge is 0.392 e. The van der Waals surface area contributed by atoms with Gasteiger partial charge in [0.2, 0.25) is 0 Å². The molecule has 0 spiro atoms.